The molecule has 0 aliphatic carbocycles. The molecular weight excluding hydrogens is 1310 g/mol. The number of likely N-dealkylation sites (N-methyl/N-ethyl adjacent to an activating group) is 1. The summed E-state index contributed by atoms with van der Waals surface area (Å²) in [5.74, 6) is 1.93. The lowest BCUT2D eigenvalue weighted by Crippen LogP contribution is -2.35. The molecule has 504 valence electrons. The van der Waals surface area contributed by atoms with Gasteiger partial charge in [0.2, 0.25) is 0 Å². The summed E-state index contributed by atoms with van der Waals surface area (Å²) >= 11 is 17.6. The lowest BCUT2D eigenvalue weighted by molar-refractivity contribution is 0.0980. The molecule has 21 heteroatoms. The minimum Gasteiger partial charge on any atom is -0.358 e. The van der Waals surface area contributed by atoms with Crippen molar-refractivity contribution >= 4 is 105 Å². The normalized spacial score (nSPS) is 13.2. The van der Waals surface area contributed by atoms with Crippen LogP contribution < -0.4 is 16.0 Å². The molecule has 6 aromatic carbocycles. The third kappa shape index (κ3) is 19.4. The number of ketones is 3. The van der Waals surface area contributed by atoms with E-state index in [9.17, 15) is 28.8 Å². The zero-order valence-corrected chi connectivity index (χ0v) is 57.7. The van der Waals surface area contributed by atoms with Gasteiger partial charge in [0, 0.05) is 128 Å². The zero-order valence-electron chi connectivity index (χ0n) is 55.4. The highest BCUT2D eigenvalue weighted by molar-refractivity contribution is 6.31. The Morgan fingerprint density at radius 3 is 1.02 bits per heavy atom. The molecule has 0 bridgehead atoms. The highest BCUT2D eigenvalue weighted by atomic mass is 35.5. The molecule has 99 heavy (non-hydrogen) atoms. The van der Waals surface area contributed by atoms with Crippen LogP contribution >= 0.6 is 34.8 Å². The van der Waals surface area contributed by atoms with E-state index in [1.165, 1.54) is 25.0 Å². The first-order chi connectivity index (χ1) is 47.7. The van der Waals surface area contributed by atoms with Crippen LogP contribution in [0.5, 0.6) is 0 Å². The van der Waals surface area contributed by atoms with Gasteiger partial charge in [-0.1, -0.05) is 161 Å². The summed E-state index contributed by atoms with van der Waals surface area (Å²) < 4.78 is 0. The van der Waals surface area contributed by atoms with Gasteiger partial charge in [0.1, 0.15) is 35.0 Å². The summed E-state index contributed by atoms with van der Waals surface area (Å²) in [6.45, 7) is 11.0. The second-order valence-corrected chi connectivity index (χ2v) is 25.8. The van der Waals surface area contributed by atoms with Gasteiger partial charge in [0.15, 0.2) is 17.3 Å². The van der Waals surface area contributed by atoms with Crippen molar-refractivity contribution in [3.8, 4) is 0 Å². The number of aryl methyl sites for hydroxylation is 3. The molecule has 2 saturated heterocycles. The van der Waals surface area contributed by atoms with Crippen LogP contribution in [0.3, 0.4) is 0 Å². The van der Waals surface area contributed by atoms with Crippen LogP contribution in [0.1, 0.15) is 144 Å². The minimum atomic E-state index is -0.328. The van der Waals surface area contributed by atoms with Gasteiger partial charge < -0.3 is 30.7 Å². The molecule has 0 saturated carbocycles. The fourth-order valence-electron chi connectivity index (χ4n) is 11.6. The van der Waals surface area contributed by atoms with Gasteiger partial charge in [-0.15, -0.1) is 0 Å². The first-order valence-corrected chi connectivity index (χ1v) is 33.8. The van der Waals surface area contributed by atoms with Crippen LogP contribution in [-0.2, 0) is 19.3 Å². The highest BCUT2D eigenvalue weighted by Crippen LogP contribution is 2.25. The Labute approximate surface area is 590 Å². The summed E-state index contributed by atoms with van der Waals surface area (Å²) in [5.41, 5.74) is 10.4. The van der Waals surface area contributed by atoms with E-state index in [1.54, 1.807) is 78.9 Å². The Balaban J connectivity index is 0.000000161. The summed E-state index contributed by atoms with van der Waals surface area (Å²) in [7, 11) is 2.01. The maximum absolute atomic E-state index is 13.0. The molecule has 5 N–H and O–H groups in total. The van der Waals surface area contributed by atoms with Crippen molar-refractivity contribution in [2.75, 3.05) is 62.3 Å². The Hall–Kier alpha value is -10.5. The fourth-order valence-corrected chi connectivity index (χ4v) is 11.9. The van der Waals surface area contributed by atoms with Crippen molar-refractivity contribution in [3.05, 3.63) is 281 Å². The molecular formula is C78H75Cl3N12O6. The number of hydrogen-bond donors (Lipinski definition) is 5. The number of likely N-dealkylation sites (tertiary alicyclic amines) is 2. The van der Waals surface area contributed by atoms with Gasteiger partial charge in [-0.3, -0.25) is 44.6 Å². The van der Waals surface area contributed by atoms with Crippen molar-refractivity contribution in [1.29, 1.82) is 10.8 Å². The quantitative estimate of drug-likeness (QED) is 0.0306. The number of benzene rings is 6. The number of rotatable bonds is 18. The molecule has 3 aliphatic heterocycles. The van der Waals surface area contributed by atoms with E-state index < -0.39 is 0 Å². The molecule has 3 amide bonds. The number of hydrogen-bond acceptors (Lipinski definition) is 13. The predicted molar refractivity (Wildman–Crippen MR) is 392 cm³/mol. The first-order valence-electron chi connectivity index (χ1n) is 32.6. The number of anilines is 3. The number of aromatic nitrogens is 3. The second-order valence-electron chi connectivity index (χ2n) is 24.5. The Morgan fingerprint density at radius 1 is 0.404 bits per heavy atom. The molecule has 12 rings (SSSR count). The zero-order chi connectivity index (χ0) is 70.1. The van der Waals surface area contributed by atoms with Crippen LogP contribution in [0.2, 0.25) is 15.1 Å². The number of Topliss-reactive ketones (excluding diaryl/α,β-unsaturated/α-hetero) is 3. The third-order valence-electron chi connectivity index (χ3n) is 17.1. The monoisotopic (exact) mass is 1380 g/mol. The standard InChI is InChI=1S/C27H27ClN4O2.C26H25ClN4O2.C25H23ClN4O2/c1-18-5-6-21(23(15-18)27(34)31-25-12-11-22(28)17-30-25)16-24(33)19-7-9-20(10-8-19)26(29)32-13-3-2-4-14-32;1-17-4-5-20(22(14-17)26(33)30-24-11-10-21(27)16-29-24)15-23(32)18-6-8-19(9-7-18)25(28)31-12-2-3-13-31;1-16-3-4-19(21(13-16)25(32)29-23-10-9-20(26)15-28-23)14-22(31)17-5-7-18(8-6-17)24-27-11-12-30(24)2/h5-12,15,17,29H,2-4,13-14,16H2,1H3,(H,30,31,34);4-11,14,16,28H,2-3,12-13,15H2,1H3,(H,29,30,33);3-10,13,15H,11-12,14H2,1-2H3,(H,28,29,32). The van der Waals surface area contributed by atoms with Gasteiger partial charge in [0.25, 0.3) is 17.7 Å². The van der Waals surface area contributed by atoms with Crippen molar-refractivity contribution < 1.29 is 28.8 Å². The highest BCUT2D eigenvalue weighted by Gasteiger charge is 2.23. The Kier molecular flexibility index (Phi) is 24.2. The van der Waals surface area contributed by atoms with E-state index in [0.717, 1.165) is 104 Å². The summed E-state index contributed by atoms with van der Waals surface area (Å²) in [5, 5.41) is 26.6. The molecule has 3 aliphatic rings. The number of carbonyl (C=O) groups excluding carboxylic acids is 6. The maximum Gasteiger partial charge on any atom is 0.257 e. The van der Waals surface area contributed by atoms with Gasteiger partial charge in [-0.05, 0) is 124 Å². The molecule has 0 radical (unpaired) electrons. The van der Waals surface area contributed by atoms with Crippen LogP contribution in [0.4, 0.5) is 17.5 Å². The second kappa shape index (κ2) is 33.6. The minimum absolute atomic E-state index is 0.0548. The Morgan fingerprint density at radius 2 is 0.717 bits per heavy atom. The summed E-state index contributed by atoms with van der Waals surface area (Å²) in [6.07, 6.45) is 10.4. The molecule has 3 aromatic heterocycles. The number of nitrogens with zero attached hydrogens (tertiary/aromatic N) is 7. The predicted octanol–water partition coefficient (Wildman–Crippen LogP) is 15.1. The van der Waals surface area contributed by atoms with Crippen LogP contribution in [0.15, 0.2) is 187 Å². The van der Waals surface area contributed by atoms with Crippen LogP contribution in [-0.4, -0.2) is 129 Å². The lowest BCUT2D eigenvalue weighted by Gasteiger charge is -2.29. The van der Waals surface area contributed by atoms with E-state index in [-0.39, 0.29) is 54.3 Å². The van der Waals surface area contributed by atoms with E-state index in [2.05, 4.69) is 50.6 Å². The van der Waals surface area contributed by atoms with Crippen LogP contribution in [0.25, 0.3) is 0 Å². The number of halogens is 3. The molecule has 9 aromatic rings. The Bertz CT molecular complexity index is 4480. The van der Waals surface area contributed by atoms with Gasteiger partial charge in [-0.25, -0.2) is 15.0 Å². The van der Waals surface area contributed by atoms with Crippen molar-refractivity contribution in [3.63, 3.8) is 0 Å². The number of amides is 3. The smallest absolute Gasteiger partial charge is 0.257 e. The van der Waals surface area contributed by atoms with Crippen molar-refractivity contribution in [2.45, 2.75) is 72.1 Å². The van der Waals surface area contributed by atoms with Crippen molar-refractivity contribution in [1.82, 2.24) is 29.7 Å². The van der Waals surface area contributed by atoms with Crippen molar-refractivity contribution in [2.24, 2.45) is 4.99 Å². The van der Waals surface area contributed by atoms with Gasteiger partial charge >= 0.3 is 0 Å². The fraction of sp³-hybridized carbons (Fsp3) is 0.231. The number of piperidine rings is 1. The third-order valence-corrected chi connectivity index (χ3v) is 17.7. The average Bonchev–Trinajstić information content (AvgIpc) is 1.43. The SMILES string of the molecule is Cc1ccc(CC(=O)c2ccc(C(=N)N3CCCC3)cc2)c(C(=O)Nc2ccc(Cl)cn2)c1.Cc1ccc(CC(=O)c2ccc(C(=N)N3CCCCC3)cc2)c(C(=O)Nc2ccc(Cl)cn2)c1.Cc1ccc(CC(=O)c2ccc(C3=NCCN3C)cc2)c(C(=O)Nc2ccc(Cl)cn2)c1. The maximum atomic E-state index is 13.0. The van der Waals surface area contributed by atoms with E-state index in [1.807, 2.05) is 113 Å². The molecule has 6 heterocycles. The number of aliphatic imine (C=N–C) groups is 1. The molecule has 0 spiro atoms. The number of nitrogens with one attached hydrogen (secondary N) is 5. The van der Waals surface area contributed by atoms with Gasteiger partial charge in [0.05, 0.1) is 21.6 Å². The van der Waals surface area contributed by atoms with E-state index in [4.69, 9.17) is 45.6 Å². The largest absolute Gasteiger partial charge is 0.358 e. The first kappa shape index (κ1) is 71.2. The molecule has 0 atom stereocenters. The molecule has 2 fully saturated rings. The van der Waals surface area contributed by atoms with E-state index >= 15 is 0 Å². The topological polar surface area (TPSA) is 247 Å². The van der Waals surface area contributed by atoms with Crippen LogP contribution in [0, 0.1) is 31.6 Å². The number of carbonyl (C=O) groups is 6. The number of pyridine rings is 3. The van der Waals surface area contributed by atoms with E-state index in [0.29, 0.717) is 94.3 Å². The lowest BCUT2D eigenvalue weighted by atomic mass is 9.96. The summed E-state index contributed by atoms with van der Waals surface area (Å²) in [6, 6.07) is 48.1. The molecule has 0 unspecified atom stereocenters. The number of amidine groups is 3. The average molecular weight is 1380 g/mol. The molecule has 18 nitrogen and oxygen atoms in total. The van der Waals surface area contributed by atoms with Gasteiger partial charge in [-0.2, -0.15) is 0 Å². The summed E-state index contributed by atoms with van der Waals surface area (Å²) in [4.78, 5) is 101.